The lowest BCUT2D eigenvalue weighted by molar-refractivity contribution is -0.181. The fraction of sp³-hybridized carbons (Fsp3) is 0.955. The van der Waals surface area contributed by atoms with E-state index in [4.69, 9.17) is 4.74 Å². The standard InChI is InChI=1S/C22H42F3NO3S/c1-7-8-9-10-11-12-13-14-15-16-18(20(27)29-17(2)3)19(22(23,24)25)26-30(28)21(4,5)6/h17-19,26H,7-16H2,1-6H3/t18-,19-,30-/m1/s1. The van der Waals surface area contributed by atoms with Gasteiger partial charge in [0, 0.05) is 0 Å². The van der Waals surface area contributed by atoms with E-state index in [0.29, 0.717) is 6.42 Å². The van der Waals surface area contributed by atoms with Crippen LogP contribution in [0.1, 0.15) is 106 Å². The first-order valence-corrected chi connectivity index (χ1v) is 12.4. The van der Waals surface area contributed by atoms with Gasteiger partial charge in [-0.3, -0.25) is 4.79 Å². The number of unbranched alkanes of at least 4 members (excludes halogenated alkanes) is 8. The minimum absolute atomic E-state index is 0.0555. The monoisotopic (exact) mass is 457 g/mol. The minimum atomic E-state index is -4.71. The van der Waals surface area contributed by atoms with Crippen molar-refractivity contribution in [3.05, 3.63) is 0 Å². The maximum atomic E-state index is 13.8. The predicted octanol–water partition coefficient (Wildman–Crippen LogP) is 6.46. The van der Waals surface area contributed by atoms with E-state index in [1.54, 1.807) is 34.6 Å². The molecule has 0 fully saturated rings. The molecular formula is C22H42F3NO3S. The van der Waals surface area contributed by atoms with Gasteiger partial charge in [0.05, 0.1) is 27.8 Å². The van der Waals surface area contributed by atoms with Crippen molar-refractivity contribution in [1.29, 1.82) is 0 Å². The summed E-state index contributed by atoms with van der Waals surface area (Å²) >= 11 is 0. The Kier molecular flexibility index (Phi) is 14.1. The molecule has 0 aromatic rings. The second kappa shape index (κ2) is 14.4. The van der Waals surface area contributed by atoms with E-state index in [2.05, 4.69) is 11.6 Å². The molecule has 180 valence electrons. The van der Waals surface area contributed by atoms with Crippen LogP contribution in [-0.2, 0) is 20.5 Å². The normalized spacial score (nSPS) is 15.8. The molecule has 3 atom stereocenters. The number of hydrogen-bond donors (Lipinski definition) is 1. The van der Waals surface area contributed by atoms with Gasteiger partial charge in [-0.15, -0.1) is 0 Å². The molecule has 1 N–H and O–H groups in total. The quantitative estimate of drug-likeness (QED) is 0.227. The smallest absolute Gasteiger partial charge is 0.405 e. The second-order valence-corrected chi connectivity index (χ2v) is 11.2. The topological polar surface area (TPSA) is 55.4 Å². The number of esters is 1. The molecule has 0 bridgehead atoms. The fourth-order valence-electron chi connectivity index (χ4n) is 3.08. The summed E-state index contributed by atoms with van der Waals surface area (Å²) in [5.41, 5.74) is 0. The number of carbonyl (C=O) groups excluding carboxylic acids is 1. The molecule has 0 radical (unpaired) electrons. The van der Waals surface area contributed by atoms with Crippen molar-refractivity contribution in [3.63, 3.8) is 0 Å². The molecule has 0 spiro atoms. The first-order valence-electron chi connectivity index (χ1n) is 11.3. The molecule has 0 aromatic heterocycles. The number of alkyl halides is 3. The van der Waals surface area contributed by atoms with Gasteiger partial charge < -0.3 is 4.74 Å². The third-order valence-electron chi connectivity index (χ3n) is 4.82. The lowest BCUT2D eigenvalue weighted by Crippen LogP contribution is -2.53. The molecule has 30 heavy (non-hydrogen) atoms. The van der Waals surface area contributed by atoms with E-state index in [1.165, 1.54) is 25.7 Å². The molecule has 0 unspecified atom stereocenters. The van der Waals surface area contributed by atoms with Gasteiger partial charge in [-0.2, -0.15) is 13.2 Å². The van der Waals surface area contributed by atoms with Crippen LogP contribution in [0.2, 0.25) is 0 Å². The summed E-state index contributed by atoms with van der Waals surface area (Å²) in [5.74, 6) is -2.30. The van der Waals surface area contributed by atoms with Crippen LogP contribution in [-0.4, -0.2) is 33.2 Å². The molecule has 0 rings (SSSR count). The zero-order valence-electron chi connectivity index (χ0n) is 19.6. The third-order valence-corrected chi connectivity index (χ3v) is 6.40. The van der Waals surface area contributed by atoms with Crippen molar-refractivity contribution >= 4 is 17.0 Å². The summed E-state index contributed by atoms with van der Waals surface area (Å²) in [7, 11) is -1.96. The van der Waals surface area contributed by atoms with Gasteiger partial charge in [0.15, 0.2) is 0 Å². The van der Waals surface area contributed by atoms with Crippen molar-refractivity contribution in [2.24, 2.45) is 5.92 Å². The van der Waals surface area contributed by atoms with E-state index in [1.807, 2.05) is 0 Å². The SMILES string of the molecule is CCCCCCCCCCC[C@@H](C(=O)OC(C)C)[C@@H](N[S@](=O)C(C)(C)C)C(F)(F)F. The highest BCUT2D eigenvalue weighted by atomic mass is 32.2. The first-order chi connectivity index (χ1) is 13.8. The summed E-state index contributed by atoms with van der Waals surface area (Å²) in [5, 5.41) is 0. The number of hydrogen-bond acceptors (Lipinski definition) is 3. The van der Waals surface area contributed by atoms with E-state index < -0.39 is 45.9 Å². The Morgan fingerprint density at radius 1 is 0.933 bits per heavy atom. The molecule has 0 aliphatic heterocycles. The Balaban J connectivity index is 4.98. The van der Waals surface area contributed by atoms with E-state index in [9.17, 15) is 22.2 Å². The summed E-state index contributed by atoms with van der Waals surface area (Å²) in [4.78, 5) is 12.5. The van der Waals surface area contributed by atoms with Crippen LogP contribution in [0.5, 0.6) is 0 Å². The molecular weight excluding hydrogens is 415 g/mol. The average Bonchev–Trinajstić information content (AvgIpc) is 2.59. The van der Waals surface area contributed by atoms with Gasteiger partial charge in [0.2, 0.25) is 0 Å². The molecule has 0 saturated carbocycles. The first kappa shape index (κ1) is 29.4. The van der Waals surface area contributed by atoms with Gasteiger partial charge >= 0.3 is 12.1 Å². The van der Waals surface area contributed by atoms with Crippen molar-refractivity contribution in [1.82, 2.24) is 4.72 Å². The van der Waals surface area contributed by atoms with Gasteiger partial charge in [0.1, 0.15) is 6.04 Å². The fourth-order valence-corrected chi connectivity index (χ4v) is 3.97. The lowest BCUT2D eigenvalue weighted by atomic mass is 9.93. The number of halogens is 3. The second-order valence-electron chi connectivity index (χ2n) is 9.23. The Bertz CT molecular complexity index is 505. The van der Waals surface area contributed by atoms with E-state index in [-0.39, 0.29) is 6.42 Å². The van der Waals surface area contributed by atoms with Crippen LogP contribution in [0.25, 0.3) is 0 Å². The maximum Gasteiger partial charge on any atom is 0.405 e. The van der Waals surface area contributed by atoms with Gasteiger partial charge in [-0.1, -0.05) is 64.7 Å². The lowest BCUT2D eigenvalue weighted by Gasteiger charge is -2.31. The summed E-state index contributed by atoms with van der Waals surface area (Å²) < 4.78 is 60.1. The molecule has 8 heteroatoms. The minimum Gasteiger partial charge on any atom is -0.463 e. The Labute approximate surface area is 183 Å². The molecule has 0 aliphatic carbocycles. The van der Waals surface area contributed by atoms with Crippen LogP contribution in [0.4, 0.5) is 13.2 Å². The molecule has 0 aliphatic rings. The van der Waals surface area contributed by atoms with E-state index in [0.717, 1.165) is 25.7 Å². The third kappa shape index (κ3) is 12.9. The highest BCUT2D eigenvalue weighted by Crippen LogP contribution is 2.31. The van der Waals surface area contributed by atoms with Crippen LogP contribution in [0, 0.1) is 5.92 Å². The number of nitrogens with one attached hydrogen (secondary N) is 1. The summed E-state index contributed by atoms with van der Waals surface area (Å²) in [6.07, 6.45) is 4.09. The molecule has 0 saturated heterocycles. The van der Waals surface area contributed by atoms with Crippen molar-refractivity contribution in [3.8, 4) is 0 Å². The summed E-state index contributed by atoms with van der Waals surface area (Å²) in [6, 6.07) is -2.20. The van der Waals surface area contributed by atoms with Gasteiger partial charge in [0.25, 0.3) is 0 Å². The highest BCUT2D eigenvalue weighted by molar-refractivity contribution is 7.84. The number of ether oxygens (including phenoxy) is 1. The van der Waals surface area contributed by atoms with Gasteiger partial charge in [-0.25, -0.2) is 8.93 Å². The zero-order chi connectivity index (χ0) is 23.4. The zero-order valence-corrected chi connectivity index (χ0v) is 20.4. The predicted molar refractivity (Wildman–Crippen MR) is 117 cm³/mol. The Hall–Kier alpha value is -0.630. The molecule has 4 nitrogen and oxygen atoms in total. The van der Waals surface area contributed by atoms with Crippen LogP contribution < -0.4 is 4.72 Å². The Morgan fingerprint density at radius 3 is 1.80 bits per heavy atom. The van der Waals surface area contributed by atoms with Crippen molar-refractivity contribution in [2.45, 2.75) is 129 Å². The molecule has 0 heterocycles. The van der Waals surface area contributed by atoms with Gasteiger partial charge in [-0.05, 0) is 41.0 Å². The van der Waals surface area contributed by atoms with Crippen molar-refractivity contribution in [2.75, 3.05) is 0 Å². The average molecular weight is 458 g/mol. The van der Waals surface area contributed by atoms with Crippen LogP contribution in [0.15, 0.2) is 0 Å². The number of rotatable bonds is 15. The maximum absolute atomic E-state index is 13.8. The van der Waals surface area contributed by atoms with Crippen LogP contribution >= 0.6 is 0 Å². The Morgan fingerprint density at radius 2 is 1.40 bits per heavy atom. The largest absolute Gasteiger partial charge is 0.463 e. The molecule has 0 amide bonds. The van der Waals surface area contributed by atoms with Crippen LogP contribution in [0.3, 0.4) is 0 Å². The van der Waals surface area contributed by atoms with E-state index >= 15 is 0 Å². The number of carbonyl (C=O) groups is 1. The van der Waals surface area contributed by atoms with Crippen molar-refractivity contribution < 1.29 is 26.9 Å². The molecule has 0 aromatic carbocycles. The highest BCUT2D eigenvalue weighted by Gasteiger charge is 2.49. The summed E-state index contributed by atoms with van der Waals surface area (Å²) in [6.45, 7) is 10.1.